The quantitative estimate of drug-likeness (QED) is 0.0210. The Morgan fingerprint density at radius 1 is 0.431 bits per heavy atom. The highest BCUT2D eigenvalue weighted by Crippen LogP contribution is 2.10. The van der Waals surface area contributed by atoms with Gasteiger partial charge in [0, 0.05) is 6.54 Å². The van der Waals surface area contributed by atoms with Gasteiger partial charge in [-0.3, -0.25) is 33.6 Å². The van der Waals surface area contributed by atoms with Crippen LogP contribution in [0.25, 0.3) is 0 Å². The molecule has 0 fully saturated rings. The van der Waals surface area contributed by atoms with Crippen LogP contribution in [0.1, 0.15) is 96.3 Å². The molecule has 0 saturated carbocycles. The minimum Gasteiger partial charge on any atom is -0.468 e. The maximum atomic E-state index is 14.1. The van der Waals surface area contributed by atoms with Crippen molar-refractivity contribution in [2.24, 2.45) is 28.7 Å². The largest absolute Gasteiger partial charge is 0.468 e. The Hall–Kier alpha value is -4.07. The number of likely N-dealkylation sites (N-methyl/N-ethyl adjacent to an activating group) is 1. The smallest absolute Gasteiger partial charge is 0.325 e. The van der Waals surface area contributed by atoms with Gasteiger partial charge >= 0.3 is 5.97 Å². The second kappa shape index (κ2) is 41.4. The van der Waals surface area contributed by atoms with Gasteiger partial charge in [0.15, 0.2) is 0 Å². The summed E-state index contributed by atoms with van der Waals surface area (Å²) in [4.78, 5) is 93.4. The molecular weight excluding hydrogens is 849 g/mol. The molecule has 0 radical (unpaired) electrons. The number of carbonyl (C=O) groups is 7. The number of methoxy groups -OCH3 is 1. The number of hydrogen-bond acceptors (Lipinski definition) is 17. The summed E-state index contributed by atoms with van der Waals surface area (Å²) >= 11 is 0. The van der Waals surface area contributed by atoms with Crippen molar-refractivity contribution in [2.45, 2.75) is 127 Å². The van der Waals surface area contributed by atoms with E-state index in [0.717, 1.165) is 6.54 Å². The molecule has 0 rings (SSSR count). The van der Waals surface area contributed by atoms with Gasteiger partial charge in [-0.1, -0.05) is 0 Å². The van der Waals surface area contributed by atoms with Gasteiger partial charge in [-0.15, -0.1) is 0 Å². The first-order chi connectivity index (χ1) is 31.4. The lowest BCUT2D eigenvalue weighted by Gasteiger charge is -2.27. The monoisotopic (exact) mass is 933 g/mol. The van der Waals surface area contributed by atoms with Crippen molar-refractivity contribution < 1.29 is 52.5 Å². The van der Waals surface area contributed by atoms with Gasteiger partial charge in [-0.2, -0.15) is 0 Å². The highest BCUT2D eigenvalue weighted by molar-refractivity contribution is 5.96. The van der Waals surface area contributed by atoms with E-state index in [2.05, 4.69) is 42.0 Å². The predicted molar refractivity (Wildman–Crippen MR) is 246 cm³/mol. The molecule has 0 aromatic rings. The lowest BCUT2D eigenvalue weighted by Crippen LogP contribution is -2.59. The highest BCUT2D eigenvalue weighted by atomic mass is 16.5. The first-order valence-corrected chi connectivity index (χ1v) is 23.2. The van der Waals surface area contributed by atoms with Crippen LogP contribution in [-0.2, 0) is 52.5 Å². The van der Waals surface area contributed by atoms with Crippen LogP contribution in [0.2, 0.25) is 0 Å². The van der Waals surface area contributed by atoms with Crippen LogP contribution in [0.5, 0.6) is 0 Å². The van der Waals surface area contributed by atoms with E-state index in [0.29, 0.717) is 117 Å². The molecule has 0 heterocycles. The molecule has 23 nitrogen and oxygen atoms in total. The molecule has 0 aliphatic heterocycles. The maximum absolute atomic E-state index is 14.1. The Bertz CT molecular complexity index is 1320. The Kier molecular flexibility index (Phi) is 38.8. The zero-order valence-corrected chi connectivity index (χ0v) is 39.1. The van der Waals surface area contributed by atoms with Crippen LogP contribution in [0.15, 0.2) is 0 Å². The van der Waals surface area contributed by atoms with E-state index in [1.807, 2.05) is 7.05 Å². The zero-order valence-electron chi connectivity index (χ0n) is 39.1. The number of ether oxygens (including phenoxy) is 4. The van der Waals surface area contributed by atoms with Gasteiger partial charge in [0.1, 0.15) is 43.4 Å². The number of nitrogens with two attached hydrogens (primary N) is 5. The zero-order chi connectivity index (χ0) is 48.5. The van der Waals surface area contributed by atoms with Crippen LogP contribution in [-0.4, -0.2) is 171 Å². The van der Waals surface area contributed by atoms with Crippen LogP contribution >= 0.6 is 0 Å². The van der Waals surface area contributed by atoms with Crippen molar-refractivity contribution in [3.63, 3.8) is 0 Å². The van der Waals surface area contributed by atoms with Crippen molar-refractivity contribution >= 4 is 41.4 Å². The van der Waals surface area contributed by atoms with Crippen molar-refractivity contribution in [3.05, 3.63) is 0 Å². The molecule has 0 aromatic heterocycles. The molecular formula is C42H84N12O11. The number of hydrogen-bond donors (Lipinski definition) is 12. The average molecular weight is 933 g/mol. The first-order valence-electron chi connectivity index (χ1n) is 23.2. The summed E-state index contributed by atoms with van der Waals surface area (Å²) in [6, 6.07) is -5.47. The lowest BCUT2D eigenvalue weighted by molar-refractivity contribution is -0.141. The van der Waals surface area contributed by atoms with E-state index in [1.165, 1.54) is 7.11 Å². The normalized spacial score (nSPS) is 13.4. The SMILES string of the molecule is CNCCOCCOCCOCC(=O)N[C@@H](CCCCN)C(=O)NC(CCCCN)C(=O)N[C@@H](CCCCN)C(=O)NC(CCCCN)C(=O)N[C@@H](CCCCN)C(=O)NCC(=O)OC. The number of nitrogens with one attached hydrogen (secondary N) is 7. The average Bonchev–Trinajstić information content (AvgIpc) is 3.29. The third-order valence-corrected chi connectivity index (χ3v) is 10.0. The van der Waals surface area contributed by atoms with Gasteiger partial charge in [-0.25, -0.2) is 0 Å². The van der Waals surface area contributed by atoms with Crippen LogP contribution in [0.3, 0.4) is 0 Å². The maximum Gasteiger partial charge on any atom is 0.325 e. The molecule has 0 aliphatic carbocycles. The topological polar surface area (TPSA) is 371 Å². The van der Waals surface area contributed by atoms with Crippen LogP contribution in [0, 0.1) is 0 Å². The predicted octanol–water partition coefficient (Wildman–Crippen LogP) is -3.39. The van der Waals surface area contributed by atoms with Crippen molar-refractivity contribution in [1.82, 2.24) is 37.2 Å². The first kappa shape index (κ1) is 60.9. The molecule has 17 N–H and O–H groups in total. The van der Waals surface area contributed by atoms with Crippen molar-refractivity contribution in [2.75, 3.05) is 99.6 Å². The number of esters is 1. The summed E-state index contributed by atoms with van der Waals surface area (Å²) in [5, 5.41) is 19.2. The summed E-state index contributed by atoms with van der Waals surface area (Å²) < 4.78 is 20.9. The summed E-state index contributed by atoms with van der Waals surface area (Å²) in [7, 11) is 3.01. The number of unbranched alkanes of at least 4 members (excludes halogenated alkanes) is 5. The van der Waals surface area contributed by atoms with Crippen LogP contribution in [0.4, 0.5) is 0 Å². The second-order valence-electron chi connectivity index (χ2n) is 15.5. The fraction of sp³-hybridized carbons (Fsp3) is 0.833. The Morgan fingerprint density at radius 2 is 0.754 bits per heavy atom. The number of carbonyl (C=O) groups excluding carboxylic acids is 7. The van der Waals surface area contributed by atoms with Crippen LogP contribution < -0.4 is 65.9 Å². The third kappa shape index (κ3) is 31.5. The molecule has 23 heteroatoms. The third-order valence-electron chi connectivity index (χ3n) is 10.0. The molecule has 0 spiro atoms. The van der Waals surface area contributed by atoms with Crippen molar-refractivity contribution in [3.8, 4) is 0 Å². The van der Waals surface area contributed by atoms with E-state index in [-0.39, 0.29) is 51.9 Å². The van der Waals surface area contributed by atoms with E-state index in [1.54, 1.807) is 0 Å². The Labute approximate surface area is 385 Å². The molecule has 5 atom stereocenters. The number of rotatable bonds is 43. The van der Waals surface area contributed by atoms with E-state index >= 15 is 0 Å². The van der Waals surface area contributed by atoms with Gasteiger partial charge < -0.3 is 84.8 Å². The molecule has 0 saturated heterocycles. The second-order valence-corrected chi connectivity index (χ2v) is 15.5. The van der Waals surface area contributed by atoms with Gasteiger partial charge in [-0.05, 0) is 136 Å². The highest BCUT2D eigenvalue weighted by Gasteiger charge is 2.32. The standard InChI is InChI=1S/C42H84N12O11/c1-48-23-24-63-25-26-64-27-28-65-30-36(55)50-32(14-4-9-19-44)39(58)52-34(16-6-11-21-46)41(60)54-35(17-7-12-22-47)42(61)53-33(15-5-10-20-45)40(59)51-31(13-3-8-18-43)38(57)49-29-37(56)62-2/h31-35,48H,3-30,43-47H2,1-2H3,(H,49,57)(H,50,55)(H,51,59)(H,52,58)(H,53,61)(H,54,60)/t31-,32-,33?,34?,35-/m0/s1. The lowest BCUT2D eigenvalue weighted by atomic mass is 10.0. The van der Waals surface area contributed by atoms with Gasteiger partial charge in [0.25, 0.3) is 0 Å². The fourth-order valence-corrected chi connectivity index (χ4v) is 6.27. The molecule has 0 aromatic carbocycles. The van der Waals surface area contributed by atoms with Gasteiger partial charge in [0.05, 0.1) is 40.1 Å². The summed E-state index contributed by atoms with van der Waals surface area (Å²) in [5.41, 5.74) is 28.6. The van der Waals surface area contributed by atoms with Gasteiger partial charge in [0.2, 0.25) is 35.4 Å². The summed E-state index contributed by atoms with van der Waals surface area (Å²) in [5.74, 6) is -4.41. The molecule has 378 valence electrons. The Balaban J connectivity index is 6.12. The Morgan fingerprint density at radius 3 is 1.09 bits per heavy atom. The number of amides is 6. The minimum absolute atomic E-state index is 0.141. The summed E-state index contributed by atoms with van der Waals surface area (Å²) in [6.45, 7) is 3.48. The molecule has 65 heavy (non-hydrogen) atoms. The minimum atomic E-state index is -1.15. The molecule has 6 amide bonds. The van der Waals surface area contributed by atoms with E-state index in [9.17, 15) is 33.6 Å². The van der Waals surface area contributed by atoms with E-state index in [4.69, 9.17) is 42.9 Å². The molecule has 0 bridgehead atoms. The molecule has 2 unspecified atom stereocenters. The van der Waals surface area contributed by atoms with E-state index < -0.39 is 78.2 Å². The van der Waals surface area contributed by atoms with Crippen molar-refractivity contribution in [1.29, 1.82) is 0 Å². The fourth-order valence-electron chi connectivity index (χ4n) is 6.27. The summed E-state index contributed by atoms with van der Waals surface area (Å²) in [6.07, 6.45) is 6.12. The molecule has 0 aliphatic rings.